The van der Waals surface area contributed by atoms with E-state index in [0.717, 1.165) is 29.4 Å². The van der Waals surface area contributed by atoms with E-state index in [1.54, 1.807) is 30.1 Å². The molecule has 2 N–H and O–H groups in total. The molecule has 0 aliphatic carbocycles. The first-order valence-corrected chi connectivity index (χ1v) is 10.0. The number of hydrogen-bond donors (Lipinski definition) is 2. The Morgan fingerprint density at radius 2 is 2.07 bits per heavy atom. The number of hydrazone groups is 1. The highest BCUT2D eigenvalue weighted by Crippen LogP contribution is 2.24. The lowest BCUT2D eigenvalue weighted by molar-refractivity contribution is -0.121. The van der Waals surface area contributed by atoms with Crippen LogP contribution in [0.1, 0.15) is 25.8 Å². The number of hydrogen-bond acceptors (Lipinski definition) is 6. The number of nitrogens with one attached hydrogen (secondary N) is 2. The fourth-order valence-electron chi connectivity index (χ4n) is 2.61. The summed E-state index contributed by atoms with van der Waals surface area (Å²) in [5.74, 6) is -0.354. The van der Waals surface area contributed by atoms with Gasteiger partial charge in [-0.3, -0.25) is 14.6 Å². The minimum absolute atomic E-state index is 0.0716. The van der Waals surface area contributed by atoms with Crippen LogP contribution in [0.5, 0.6) is 0 Å². The molecule has 0 unspecified atom stereocenters. The summed E-state index contributed by atoms with van der Waals surface area (Å²) in [5, 5.41) is 8.97. The van der Waals surface area contributed by atoms with Gasteiger partial charge in [0, 0.05) is 23.2 Å². The van der Waals surface area contributed by atoms with E-state index >= 15 is 0 Å². The highest BCUT2D eigenvalue weighted by atomic mass is 32.2. The molecular formula is C20H23N5O2S. The Morgan fingerprint density at radius 3 is 2.75 bits per heavy atom. The predicted molar refractivity (Wildman–Crippen MR) is 115 cm³/mol. The van der Waals surface area contributed by atoms with Gasteiger partial charge in [0.25, 0.3) is 11.5 Å². The summed E-state index contributed by atoms with van der Waals surface area (Å²) >= 11 is 1.77. The summed E-state index contributed by atoms with van der Waals surface area (Å²) in [6.07, 6.45) is 2.68. The molecule has 8 heteroatoms. The number of benzene rings is 1. The molecule has 0 bridgehead atoms. The van der Waals surface area contributed by atoms with Crippen molar-refractivity contribution in [2.45, 2.75) is 32.1 Å². The van der Waals surface area contributed by atoms with Crippen molar-refractivity contribution >= 4 is 34.2 Å². The van der Waals surface area contributed by atoms with Gasteiger partial charge in [-0.25, -0.2) is 5.43 Å². The third-order valence-corrected chi connectivity index (χ3v) is 5.56. The summed E-state index contributed by atoms with van der Waals surface area (Å²) in [6.45, 7) is 4.78. The van der Waals surface area contributed by atoms with Crippen molar-refractivity contribution in [2.24, 2.45) is 10.1 Å². The number of rotatable bonds is 6. The van der Waals surface area contributed by atoms with Crippen molar-refractivity contribution < 1.29 is 4.79 Å². The zero-order valence-electron chi connectivity index (χ0n) is 15.9. The number of amides is 1. The SMILES string of the molecule is CC[C@H]1CN=C(Nc2ccc(/C(C)=N\NC(=O)Cn3ccccc3=O)cc2)S1. The first-order valence-electron chi connectivity index (χ1n) is 9.12. The van der Waals surface area contributed by atoms with Crippen molar-refractivity contribution in [3.8, 4) is 0 Å². The number of carbonyl (C=O) groups excluding carboxylic acids is 1. The molecule has 1 aromatic heterocycles. The topological polar surface area (TPSA) is 87.8 Å². The second-order valence-corrected chi connectivity index (χ2v) is 7.68. The maximum atomic E-state index is 12.0. The first-order chi connectivity index (χ1) is 13.5. The summed E-state index contributed by atoms with van der Waals surface area (Å²) in [5.41, 5.74) is 4.81. The van der Waals surface area contributed by atoms with Crippen molar-refractivity contribution in [3.63, 3.8) is 0 Å². The minimum Gasteiger partial charge on any atom is -0.335 e. The number of thioether (sulfide) groups is 1. The Bertz CT molecular complexity index is 950. The Labute approximate surface area is 168 Å². The van der Waals surface area contributed by atoms with Crippen molar-refractivity contribution in [3.05, 3.63) is 64.6 Å². The van der Waals surface area contributed by atoms with E-state index in [4.69, 9.17) is 0 Å². The third-order valence-electron chi connectivity index (χ3n) is 4.29. The molecule has 1 aliphatic rings. The molecule has 28 heavy (non-hydrogen) atoms. The van der Waals surface area contributed by atoms with Crippen LogP contribution < -0.4 is 16.3 Å². The van der Waals surface area contributed by atoms with Crippen LogP contribution in [0.25, 0.3) is 0 Å². The molecular weight excluding hydrogens is 374 g/mol. The minimum atomic E-state index is -0.354. The summed E-state index contributed by atoms with van der Waals surface area (Å²) in [6, 6.07) is 12.5. The van der Waals surface area contributed by atoms with Gasteiger partial charge in [0.1, 0.15) is 6.54 Å². The molecule has 0 saturated heterocycles. The fourth-order valence-corrected chi connectivity index (χ4v) is 3.57. The van der Waals surface area contributed by atoms with E-state index < -0.39 is 0 Å². The molecule has 3 rings (SSSR count). The highest BCUT2D eigenvalue weighted by Gasteiger charge is 2.17. The van der Waals surface area contributed by atoms with E-state index in [9.17, 15) is 9.59 Å². The number of carbonyl (C=O) groups is 1. The molecule has 2 heterocycles. The summed E-state index contributed by atoms with van der Waals surface area (Å²) < 4.78 is 1.33. The van der Waals surface area contributed by atoms with Crippen LogP contribution >= 0.6 is 11.8 Å². The van der Waals surface area contributed by atoms with E-state index in [1.165, 1.54) is 10.6 Å². The number of pyridine rings is 1. The maximum Gasteiger partial charge on any atom is 0.260 e. The van der Waals surface area contributed by atoms with Gasteiger partial charge in [0.15, 0.2) is 5.17 Å². The van der Waals surface area contributed by atoms with Crippen LogP contribution in [-0.2, 0) is 11.3 Å². The highest BCUT2D eigenvalue weighted by molar-refractivity contribution is 8.15. The largest absolute Gasteiger partial charge is 0.335 e. The predicted octanol–water partition coefficient (Wildman–Crippen LogP) is 2.68. The van der Waals surface area contributed by atoms with Gasteiger partial charge in [-0.2, -0.15) is 5.10 Å². The Hall–Kier alpha value is -2.87. The van der Waals surface area contributed by atoms with E-state index in [-0.39, 0.29) is 18.0 Å². The van der Waals surface area contributed by atoms with Gasteiger partial charge in [-0.1, -0.05) is 36.9 Å². The lowest BCUT2D eigenvalue weighted by Gasteiger charge is -2.08. The molecule has 0 fully saturated rings. The van der Waals surface area contributed by atoms with E-state index in [0.29, 0.717) is 11.0 Å². The lowest BCUT2D eigenvalue weighted by atomic mass is 10.1. The summed E-state index contributed by atoms with van der Waals surface area (Å²) in [7, 11) is 0. The van der Waals surface area contributed by atoms with Crippen molar-refractivity contribution in [1.29, 1.82) is 0 Å². The molecule has 1 aliphatic heterocycles. The van der Waals surface area contributed by atoms with Crippen molar-refractivity contribution in [1.82, 2.24) is 9.99 Å². The molecule has 0 spiro atoms. The molecule has 146 valence electrons. The molecule has 1 amide bonds. The number of nitrogens with zero attached hydrogens (tertiary/aromatic N) is 3. The lowest BCUT2D eigenvalue weighted by Crippen LogP contribution is -2.29. The van der Waals surface area contributed by atoms with Crippen molar-refractivity contribution in [2.75, 3.05) is 11.9 Å². The fraction of sp³-hybridized carbons (Fsp3) is 0.300. The van der Waals surface area contributed by atoms with Crippen LogP contribution in [0.15, 0.2) is 63.5 Å². The van der Waals surface area contributed by atoms with Crippen LogP contribution in [0.2, 0.25) is 0 Å². The number of aliphatic imine (C=N–C) groups is 1. The standard InChI is InChI=1S/C20H23N5O2S/c1-3-17-12-21-20(28-17)22-16-9-7-15(8-10-16)14(2)23-24-18(26)13-25-11-5-4-6-19(25)27/h4-11,17H,3,12-13H2,1-2H3,(H,21,22)(H,24,26)/b23-14-/t17-/m0/s1. The Balaban J connectivity index is 1.55. The average Bonchev–Trinajstić information content (AvgIpc) is 3.16. The van der Waals surface area contributed by atoms with Gasteiger partial charge in [-0.15, -0.1) is 0 Å². The zero-order chi connectivity index (χ0) is 19.9. The van der Waals surface area contributed by atoms with E-state index in [2.05, 4.69) is 27.8 Å². The van der Waals surface area contributed by atoms with Gasteiger partial charge >= 0.3 is 0 Å². The second kappa shape index (κ2) is 9.36. The second-order valence-electron chi connectivity index (χ2n) is 6.40. The number of aromatic nitrogens is 1. The molecule has 1 aromatic carbocycles. The van der Waals surface area contributed by atoms with Crippen LogP contribution in [0.4, 0.5) is 5.69 Å². The van der Waals surface area contributed by atoms with Gasteiger partial charge in [0.2, 0.25) is 0 Å². The van der Waals surface area contributed by atoms with Crippen LogP contribution in [0, 0.1) is 0 Å². The molecule has 0 saturated carbocycles. The molecule has 7 nitrogen and oxygen atoms in total. The zero-order valence-corrected chi connectivity index (χ0v) is 16.7. The molecule has 0 radical (unpaired) electrons. The normalized spacial score (nSPS) is 16.6. The molecule has 2 aromatic rings. The third kappa shape index (κ3) is 5.32. The maximum absolute atomic E-state index is 12.0. The monoisotopic (exact) mass is 397 g/mol. The quantitative estimate of drug-likeness (QED) is 0.579. The average molecular weight is 398 g/mol. The first kappa shape index (κ1) is 19.9. The van der Waals surface area contributed by atoms with Gasteiger partial charge in [0.05, 0.1) is 12.3 Å². The van der Waals surface area contributed by atoms with E-state index in [1.807, 2.05) is 31.2 Å². The smallest absolute Gasteiger partial charge is 0.260 e. The summed E-state index contributed by atoms with van der Waals surface area (Å²) in [4.78, 5) is 28.1. The Kier molecular flexibility index (Phi) is 6.65. The van der Waals surface area contributed by atoms with Crippen LogP contribution in [0.3, 0.4) is 0 Å². The Morgan fingerprint density at radius 1 is 1.29 bits per heavy atom. The van der Waals surface area contributed by atoms with Crippen LogP contribution in [-0.4, -0.2) is 33.1 Å². The molecule has 1 atom stereocenters. The number of amidine groups is 1. The van der Waals surface area contributed by atoms with Gasteiger partial charge < -0.3 is 9.88 Å². The van der Waals surface area contributed by atoms with Gasteiger partial charge in [-0.05, 0) is 37.1 Å². The number of anilines is 1.